The normalized spacial score (nSPS) is 11.0. The highest BCUT2D eigenvalue weighted by atomic mass is 16.5. The third-order valence-corrected chi connectivity index (χ3v) is 3.74. The second kappa shape index (κ2) is 7.05. The molecule has 3 rings (SSSR count). The molecule has 0 radical (unpaired) electrons. The zero-order chi connectivity index (χ0) is 17.8. The number of ether oxygens (including phenoxy) is 2. The van der Waals surface area contributed by atoms with Crippen molar-refractivity contribution in [3.05, 3.63) is 76.2 Å². The number of carbonyl (C=O) groups is 1. The lowest BCUT2D eigenvalue weighted by molar-refractivity contribution is 0.104. The number of ketones is 1. The summed E-state index contributed by atoms with van der Waals surface area (Å²) in [5.41, 5.74) is 0.297. The van der Waals surface area contributed by atoms with Gasteiger partial charge in [0, 0.05) is 0 Å². The molecule has 0 aliphatic heterocycles. The van der Waals surface area contributed by atoms with Gasteiger partial charge in [0.2, 0.25) is 0 Å². The van der Waals surface area contributed by atoms with E-state index in [1.54, 1.807) is 49.6 Å². The first-order chi connectivity index (χ1) is 12.1. The number of carbonyl (C=O) groups excluding carboxylic acids is 1. The maximum absolute atomic E-state index is 12.6. The minimum absolute atomic E-state index is 0.125. The highest BCUT2D eigenvalue weighted by molar-refractivity contribution is 6.10. The lowest BCUT2D eigenvalue weighted by Crippen LogP contribution is -2.14. The van der Waals surface area contributed by atoms with E-state index in [1.807, 2.05) is 12.1 Å². The average molecular weight is 336 g/mol. The topological polar surface area (TPSA) is 65.7 Å². The summed E-state index contributed by atoms with van der Waals surface area (Å²) < 4.78 is 15.7. The second-order valence-electron chi connectivity index (χ2n) is 5.27. The molecule has 25 heavy (non-hydrogen) atoms. The SMILES string of the molecule is COc1cccc(C=CC(=O)c2c(OC)c3ccccc3oc2=O)c1. The zero-order valence-electron chi connectivity index (χ0n) is 13.8. The number of allylic oxidation sites excluding steroid dienone is 1. The summed E-state index contributed by atoms with van der Waals surface area (Å²) in [6.45, 7) is 0. The third kappa shape index (κ3) is 3.30. The quantitative estimate of drug-likeness (QED) is 0.404. The van der Waals surface area contributed by atoms with Crippen molar-refractivity contribution in [2.45, 2.75) is 0 Å². The zero-order valence-corrected chi connectivity index (χ0v) is 13.8. The maximum atomic E-state index is 12.6. The van der Waals surface area contributed by atoms with Crippen LogP contribution in [-0.4, -0.2) is 20.0 Å². The molecule has 0 fully saturated rings. The Labute approximate surface area is 144 Å². The molecule has 0 aliphatic carbocycles. The summed E-state index contributed by atoms with van der Waals surface area (Å²) in [6, 6.07) is 14.1. The van der Waals surface area contributed by atoms with Crippen molar-refractivity contribution < 1.29 is 18.7 Å². The fraction of sp³-hybridized carbons (Fsp3) is 0.100. The number of hydrogen-bond acceptors (Lipinski definition) is 5. The van der Waals surface area contributed by atoms with Crippen molar-refractivity contribution in [2.75, 3.05) is 14.2 Å². The standard InChI is InChI=1S/C20H16O5/c1-23-14-7-5-6-13(12-14)10-11-16(21)18-19(24-2)15-8-3-4-9-17(15)25-20(18)22/h3-12H,1-2H3. The van der Waals surface area contributed by atoms with Crippen LogP contribution in [0.1, 0.15) is 15.9 Å². The fourth-order valence-corrected chi connectivity index (χ4v) is 2.55. The molecule has 5 nitrogen and oxygen atoms in total. The smallest absolute Gasteiger partial charge is 0.351 e. The van der Waals surface area contributed by atoms with Crippen molar-refractivity contribution in [3.63, 3.8) is 0 Å². The van der Waals surface area contributed by atoms with E-state index in [0.29, 0.717) is 16.7 Å². The van der Waals surface area contributed by atoms with Crippen LogP contribution in [0.25, 0.3) is 17.0 Å². The van der Waals surface area contributed by atoms with Gasteiger partial charge in [0.15, 0.2) is 5.78 Å². The Morgan fingerprint density at radius 1 is 1.04 bits per heavy atom. The highest BCUT2D eigenvalue weighted by Crippen LogP contribution is 2.27. The molecule has 3 aromatic rings. The van der Waals surface area contributed by atoms with E-state index < -0.39 is 11.4 Å². The molecule has 0 unspecified atom stereocenters. The van der Waals surface area contributed by atoms with Gasteiger partial charge in [0.05, 0.1) is 19.6 Å². The van der Waals surface area contributed by atoms with Crippen molar-refractivity contribution >= 4 is 22.8 Å². The van der Waals surface area contributed by atoms with Gasteiger partial charge in [-0.1, -0.05) is 30.3 Å². The molecule has 0 spiro atoms. The van der Waals surface area contributed by atoms with Crippen LogP contribution in [0, 0.1) is 0 Å². The largest absolute Gasteiger partial charge is 0.497 e. The summed E-state index contributed by atoms with van der Waals surface area (Å²) in [5, 5.41) is 0.572. The van der Waals surface area contributed by atoms with Gasteiger partial charge in [0.25, 0.3) is 0 Å². The molecule has 0 atom stereocenters. The van der Waals surface area contributed by atoms with E-state index in [9.17, 15) is 9.59 Å². The molecule has 0 aliphatic rings. The van der Waals surface area contributed by atoms with Crippen LogP contribution >= 0.6 is 0 Å². The number of methoxy groups -OCH3 is 2. The van der Waals surface area contributed by atoms with E-state index in [1.165, 1.54) is 13.2 Å². The minimum Gasteiger partial charge on any atom is -0.497 e. The van der Waals surface area contributed by atoms with E-state index in [0.717, 1.165) is 5.56 Å². The summed E-state index contributed by atoms with van der Waals surface area (Å²) >= 11 is 0. The van der Waals surface area contributed by atoms with Crippen molar-refractivity contribution in [2.24, 2.45) is 0 Å². The Morgan fingerprint density at radius 3 is 2.60 bits per heavy atom. The Hall–Kier alpha value is -3.34. The molecule has 0 saturated heterocycles. The molecule has 0 N–H and O–H groups in total. The number of rotatable bonds is 5. The van der Waals surface area contributed by atoms with E-state index in [2.05, 4.69) is 0 Å². The van der Waals surface area contributed by atoms with Crippen molar-refractivity contribution in [3.8, 4) is 11.5 Å². The van der Waals surface area contributed by atoms with E-state index in [-0.39, 0.29) is 11.3 Å². The van der Waals surface area contributed by atoms with E-state index >= 15 is 0 Å². The first-order valence-corrected chi connectivity index (χ1v) is 7.60. The molecule has 1 aromatic heterocycles. The van der Waals surface area contributed by atoms with E-state index in [4.69, 9.17) is 13.9 Å². The van der Waals surface area contributed by atoms with Crippen LogP contribution in [0.5, 0.6) is 11.5 Å². The molecule has 126 valence electrons. The molecule has 5 heteroatoms. The number of benzene rings is 2. The Morgan fingerprint density at radius 2 is 1.84 bits per heavy atom. The summed E-state index contributed by atoms with van der Waals surface area (Å²) in [4.78, 5) is 24.8. The Balaban J connectivity index is 2.03. The van der Waals surface area contributed by atoms with Crippen LogP contribution in [0.2, 0.25) is 0 Å². The lowest BCUT2D eigenvalue weighted by atomic mass is 10.1. The van der Waals surface area contributed by atoms with Crippen molar-refractivity contribution in [1.82, 2.24) is 0 Å². The second-order valence-corrected chi connectivity index (χ2v) is 5.27. The van der Waals surface area contributed by atoms with Crippen LogP contribution in [0.3, 0.4) is 0 Å². The van der Waals surface area contributed by atoms with Gasteiger partial charge in [-0.2, -0.15) is 0 Å². The monoisotopic (exact) mass is 336 g/mol. The average Bonchev–Trinajstić information content (AvgIpc) is 2.65. The maximum Gasteiger partial charge on any atom is 0.351 e. The molecule has 0 amide bonds. The third-order valence-electron chi connectivity index (χ3n) is 3.74. The van der Waals surface area contributed by atoms with Crippen molar-refractivity contribution in [1.29, 1.82) is 0 Å². The Bertz CT molecular complexity index is 1010. The first-order valence-electron chi connectivity index (χ1n) is 7.60. The van der Waals surface area contributed by atoms with Gasteiger partial charge in [-0.05, 0) is 35.9 Å². The van der Waals surface area contributed by atoms with Gasteiger partial charge >= 0.3 is 5.63 Å². The summed E-state index contributed by atoms with van der Waals surface area (Å²) in [5.74, 6) is 0.406. The minimum atomic E-state index is -0.726. The van der Waals surface area contributed by atoms with Crippen LogP contribution < -0.4 is 15.1 Å². The van der Waals surface area contributed by atoms with Gasteiger partial charge in [-0.25, -0.2) is 4.79 Å². The van der Waals surface area contributed by atoms with Crippen LogP contribution in [-0.2, 0) is 0 Å². The summed E-state index contributed by atoms with van der Waals surface area (Å²) in [7, 11) is 2.99. The predicted molar refractivity (Wildman–Crippen MR) is 95.4 cm³/mol. The molecule has 1 heterocycles. The lowest BCUT2D eigenvalue weighted by Gasteiger charge is -2.07. The van der Waals surface area contributed by atoms with Crippen LogP contribution in [0.4, 0.5) is 0 Å². The molecule has 0 bridgehead atoms. The molecular formula is C20H16O5. The van der Waals surface area contributed by atoms with Crippen LogP contribution in [0.15, 0.2) is 63.8 Å². The number of fused-ring (bicyclic) bond motifs is 1. The van der Waals surface area contributed by atoms with Gasteiger partial charge in [-0.15, -0.1) is 0 Å². The fourth-order valence-electron chi connectivity index (χ4n) is 2.55. The summed E-state index contributed by atoms with van der Waals surface area (Å²) in [6.07, 6.45) is 2.93. The first kappa shape index (κ1) is 16.5. The van der Waals surface area contributed by atoms with Gasteiger partial charge in [-0.3, -0.25) is 4.79 Å². The van der Waals surface area contributed by atoms with Gasteiger partial charge in [0.1, 0.15) is 22.6 Å². The molecule has 0 saturated carbocycles. The van der Waals surface area contributed by atoms with Gasteiger partial charge < -0.3 is 13.9 Å². The molecule has 2 aromatic carbocycles. The number of para-hydroxylation sites is 1. The Kier molecular flexibility index (Phi) is 4.66. The number of hydrogen-bond donors (Lipinski definition) is 0. The highest BCUT2D eigenvalue weighted by Gasteiger charge is 2.20. The predicted octanol–water partition coefficient (Wildman–Crippen LogP) is 3.71. The molecular weight excluding hydrogens is 320 g/mol.